The van der Waals surface area contributed by atoms with Crippen molar-refractivity contribution in [2.45, 2.75) is 26.7 Å². The number of rotatable bonds is 5. The van der Waals surface area contributed by atoms with Crippen molar-refractivity contribution < 1.29 is 9.59 Å². The van der Waals surface area contributed by atoms with Gasteiger partial charge in [0.15, 0.2) is 5.13 Å². The SMILES string of the molecule is CCCC(=O)Nc1nc2cc(NC(=O)c3ccccc3C)ccc2s1. The van der Waals surface area contributed by atoms with Gasteiger partial charge in [-0.25, -0.2) is 4.98 Å². The molecule has 0 fully saturated rings. The van der Waals surface area contributed by atoms with E-state index in [1.807, 2.05) is 50.2 Å². The van der Waals surface area contributed by atoms with Gasteiger partial charge in [-0.15, -0.1) is 0 Å². The Morgan fingerprint density at radius 1 is 1.12 bits per heavy atom. The molecule has 0 unspecified atom stereocenters. The number of amides is 2. The van der Waals surface area contributed by atoms with Gasteiger partial charge in [0.2, 0.25) is 5.91 Å². The summed E-state index contributed by atoms with van der Waals surface area (Å²) in [4.78, 5) is 28.5. The summed E-state index contributed by atoms with van der Waals surface area (Å²) in [6, 6.07) is 13.0. The first-order chi connectivity index (χ1) is 12.1. The summed E-state index contributed by atoms with van der Waals surface area (Å²) in [7, 11) is 0. The van der Waals surface area contributed by atoms with Crippen molar-refractivity contribution in [3.8, 4) is 0 Å². The van der Waals surface area contributed by atoms with Crippen LogP contribution in [0.15, 0.2) is 42.5 Å². The molecule has 0 saturated heterocycles. The Morgan fingerprint density at radius 2 is 1.92 bits per heavy atom. The molecule has 0 aliphatic heterocycles. The molecule has 0 bridgehead atoms. The number of aryl methyl sites for hydroxylation is 1. The first kappa shape index (κ1) is 17.1. The van der Waals surface area contributed by atoms with Crippen LogP contribution in [-0.2, 0) is 4.79 Å². The minimum atomic E-state index is -0.149. The van der Waals surface area contributed by atoms with Gasteiger partial charge in [0.25, 0.3) is 5.91 Å². The van der Waals surface area contributed by atoms with Crippen LogP contribution in [0.4, 0.5) is 10.8 Å². The maximum atomic E-state index is 12.4. The lowest BCUT2D eigenvalue weighted by atomic mass is 10.1. The monoisotopic (exact) mass is 353 g/mol. The number of hydrogen-bond acceptors (Lipinski definition) is 4. The van der Waals surface area contributed by atoms with Gasteiger partial charge < -0.3 is 10.6 Å². The van der Waals surface area contributed by atoms with Crippen molar-refractivity contribution in [3.63, 3.8) is 0 Å². The second kappa shape index (κ2) is 7.44. The average molecular weight is 353 g/mol. The van der Waals surface area contributed by atoms with Crippen molar-refractivity contribution in [2.24, 2.45) is 0 Å². The lowest BCUT2D eigenvalue weighted by Crippen LogP contribution is -2.13. The molecule has 3 rings (SSSR count). The fraction of sp³-hybridized carbons (Fsp3) is 0.211. The number of hydrogen-bond donors (Lipinski definition) is 2. The van der Waals surface area contributed by atoms with Crippen molar-refractivity contribution in [3.05, 3.63) is 53.6 Å². The Kier molecular flexibility index (Phi) is 5.09. The zero-order valence-electron chi connectivity index (χ0n) is 14.1. The quantitative estimate of drug-likeness (QED) is 0.704. The molecule has 25 heavy (non-hydrogen) atoms. The highest BCUT2D eigenvalue weighted by atomic mass is 32.1. The fourth-order valence-corrected chi connectivity index (χ4v) is 3.36. The lowest BCUT2D eigenvalue weighted by Gasteiger charge is -2.07. The number of carbonyl (C=O) groups is 2. The summed E-state index contributed by atoms with van der Waals surface area (Å²) >= 11 is 1.42. The van der Waals surface area contributed by atoms with E-state index >= 15 is 0 Å². The highest BCUT2D eigenvalue weighted by molar-refractivity contribution is 7.22. The Hall–Kier alpha value is -2.73. The van der Waals surface area contributed by atoms with Gasteiger partial charge in [0.1, 0.15) is 0 Å². The van der Waals surface area contributed by atoms with Crippen molar-refractivity contribution in [1.82, 2.24) is 4.98 Å². The number of aromatic nitrogens is 1. The maximum absolute atomic E-state index is 12.4. The normalized spacial score (nSPS) is 10.6. The summed E-state index contributed by atoms with van der Waals surface area (Å²) < 4.78 is 0.959. The molecule has 1 aromatic heterocycles. The molecule has 2 amide bonds. The maximum Gasteiger partial charge on any atom is 0.255 e. The van der Waals surface area contributed by atoms with E-state index in [9.17, 15) is 9.59 Å². The van der Waals surface area contributed by atoms with Gasteiger partial charge in [-0.1, -0.05) is 36.5 Å². The van der Waals surface area contributed by atoms with E-state index in [4.69, 9.17) is 0 Å². The molecule has 128 valence electrons. The minimum Gasteiger partial charge on any atom is -0.322 e. The Bertz CT molecular complexity index is 933. The lowest BCUT2D eigenvalue weighted by molar-refractivity contribution is -0.116. The van der Waals surface area contributed by atoms with Crippen LogP contribution in [0.1, 0.15) is 35.7 Å². The van der Waals surface area contributed by atoms with Crippen molar-refractivity contribution in [1.29, 1.82) is 0 Å². The number of fused-ring (bicyclic) bond motifs is 1. The third-order valence-electron chi connectivity index (χ3n) is 3.76. The van der Waals surface area contributed by atoms with E-state index < -0.39 is 0 Å². The molecule has 6 heteroatoms. The van der Waals surface area contributed by atoms with Gasteiger partial charge in [-0.3, -0.25) is 9.59 Å². The van der Waals surface area contributed by atoms with Crippen LogP contribution in [0, 0.1) is 6.92 Å². The predicted octanol–water partition coefficient (Wildman–Crippen LogP) is 4.60. The van der Waals surface area contributed by atoms with E-state index in [1.165, 1.54) is 11.3 Å². The zero-order valence-corrected chi connectivity index (χ0v) is 14.9. The third-order valence-corrected chi connectivity index (χ3v) is 4.71. The molecule has 0 atom stereocenters. The van der Waals surface area contributed by atoms with Crippen molar-refractivity contribution in [2.75, 3.05) is 10.6 Å². The minimum absolute atomic E-state index is 0.0327. The van der Waals surface area contributed by atoms with Crippen LogP contribution >= 0.6 is 11.3 Å². The number of nitrogens with one attached hydrogen (secondary N) is 2. The number of carbonyl (C=O) groups excluding carboxylic acids is 2. The average Bonchev–Trinajstić information content (AvgIpc) is 2.96. The van der Waals surface area contributed by atoms with E-state index in [0.29, 0.717) is 22.8 Å². The van der Waals surface area contributed by atoms with E-state index in [0.717, 1.165) is 22.2 Å². The van der Waals surface area contributed by atoms with Gasteiger partial charge in [0.05, 0.1) is 10.2 Å². The van der Waals surface area contributed by atoms with Crippen LogP contribution in [0.2, 0.25) is 0 Å². The Balaban J connectivity index is 1.78. The molecule has 2 aromatic carbocycles. The molecule has 0 aliphatic carbocycles. The van der Waals surface area contributed by atoms with Gasteiger partial charge >= 0.3 is 0 Å². The van der Waals surface area contributed by atoms with E-state index in [2.05, 4.69) is 15.6 Å². The van der Waals surface area contributed by atoms with E-state index in [-0.39, 0.29) is 11.8 Å². The van der Waals surface area contributed by atoms with Gasteiger partial charge in [-0.2, -0.15) is 0 Å². The predicted molar refractivity (Wildman–Crippen MR) is 102 cm³/mol. The van der Waals surface area contributed by atoms with Crippen LogP contribution < -0.4 is 10.6 Å². The summed E-state index contributed by atoms with van der Waals surface area (Å²) in [6.07, 6.45) is 1.28. The van der Waals surface area contributed by atoms with Crippen LogP contribution in [0.5, 0.6) is 0 Å². The molecule has 0 saturated carbocycles. The Morgan fingerprint density at radius 3 is 2.68 bits per heavy atom. The molecule has 0 radical (unpaired) electrons. The van der Waals surface area contributed by atoms with Gasteiger partial charge in [0, 0.05) is 17.7 Å². The topological polar surface area (TPSA) is 71.1 Å². The number of anilines is 2. The second-order valence-electron chi connectivity index (χ2n) is 5.77. The first-order valence-electron chi connectivity index (χ1n) is 8.14. The molecule has 3 aromatic rings. The molecular weight excluding hydrogens is 334 g/mol. The number of nitrogens with zero attached hydrogens (tertiary/aromatic N) is 1. The summed E-state index contributed by atoms with van der Waals surface area (Å²) in [6.45, 7) is 3.87. The van der Waals surface area contributed by atoms with E-state index in [1.54, 1.807) is 6.07 Å². The number of thiazole rings is 1. The number of benzene rings is 2. The van der Waals surface area contributed by atoms with Crippen LogP contribution in [0.25, 0.3) is 10.2 Å². The molecule has 1 heterocycles. The fourth-order valence-electron chi connectivity index (χ4n) is 2.49. The highest BCUT2D eigenvalue weighted by Crippen LogP contribution is 2.28. The molecule has 5 nitrogen and oxygen atoms in total. The highest BCUT2D eigenvalue weighted by Gasteiger charge is 2.11. The van der Waals surface area contributed by atoms with Crippen LogP contribution in [-0.4, -0.2) is 16.8 Å². The summed E-state index contributed by atoms with van der Waals surface area (Å²) in [5.41, 5.74) is 3.00. The summed E-state index contributed by atoms with van der Waals surface area (Å²) in [5.74, 6) is -0.182. The largest absolute Gasteiger partial charge is 0.322 e. The molecule has 2 N–H and O–H groups in total. The van der Waals surface area contributed by atoms with Crippen LogP contribution in [0.3, 0.4) is 0 Å². The third kappa shape index (κ3) is 4.03. The van der Waals surface area contributed by atoms with Crippen molar-refractivity contribution >= 4 is 44.2 Å². The smallest absolute Gasteiger partial charge is 0.255 e. The summed E-state index contributed by atoms with van der Waals surface area (Å²) in [5, 5.41) is 6.29. The first-order valence-corrected chi connectivity index (χ1v) is 8.96. The Labute approximate surface area is 150 Å². The second-order valence-corrected chi connectivity index (χ2v) is 6.80. The zero-order chi connectivity index (χ0) is 17.8. The molecular formula is C19H19N3O2S. The standard InChI is InChI=1S/C19H19N3O2S/c1-3-6-17(23)22-19-21-15-11-13(9-10-16(15)25-19)20-18(24)14-8-5-4-7-12(14)2/h4-5,7-11H,3,6H2,1-2H3,(H,20,24)(H,21,22,23). The molecule has 0 aliphatic rings. The van der Waals surface area contributed by atoms with Gasteiger partial charge in [-0.05, 0) is 43.2 Å². The molecule has 0 spiro atoms.